The molecule has 1 heterocycles. The Bertz CT molecular complexity index is 389. The molecule has 0 saturated carbocycles. The summed E-state index contributed by atoms with van der Waals surface area (Å²) in [7, 11) is 0. The summed E-state index contributed by atoms with van der Waals surface area (Å²) in [6, 6.07) is 5.21. The lowest BCUT2D eigenvalue weighted by atomic mass is 10.1. The number of rotatable bonds is 4. The van der Waals surface area contributed by atoms with Gasteiger partial charge in [-0.3, -0.25) is 4.90 Å². The Morgan fingerprint density at radius 1 is 1.33 bits per heavy atom. The summed E-state index contributed by atoms with van der Waals surface area (Å²) in [6.45, 7) is 5.27. The molecule has 100 valence electrons. The maximum absolute atomic E-state index is 13.6. The second kappa shape index (κ2) is 6.05. The van der Waals surface area contributed by atoms with Gasteiger partial charge in [-0.2, -0.15) is 0 Å². The number of nitrogen functional groups attached to an aromatic ring is 1. The molecule has 1 atom stereocenters. The number of nitrogens with two attached hydrogens (primary N) is 1. The minimum Gasteiger partial charge on any atom is -0.399 e. The maximum Gasteiger partial charge on any atom is 0.148 e. The molecule has 1 fully saturated rings. The first-order valence-corrected chi connectivity index (χ1v) is 6.70. The Labute approximate surface area is 108 Å². The van der Waals surface area contributed by atoms with Gasteiger partial charge in [0.05, 0.1) is 5.69 Å². The van der Waals surface area contributed by atoms with Crippen LogP contribution in [0, 0.1) is 5.82 Å². The van der Waals surface area contributed by atoms with Crippen LogP contribution in [0.3, 0.4) is 0 Å². The number of likely N-dealkylation sites (tertiary alicyclic amines) is 1. The van der Waals surface area contributed by atoms with E-state index in [9.17, 15) is 4.39 Å². The summed E-state index contributed by atoms with van der Waals surface area (Å²) in [6.07, 6.45) is 3.89. The molecule has 1 unspecified atom stereocenters. The highest BCUT2D eigenvalue weighted by Gasteiger charge is 2.16. The van der Waals surface area contributed by atoms with E-state index in [0.717, 1.165) is 19.6 Å². The average Bonchev–Trinajstić information content (AvgIpc) is 2.38. The van der Waals surface area contributed by atoms with Gasteiger partial charge >= 0.3 is 0 Å². The van der Waals surface area contributed by atoms with E-state index in [1.54, 1.807) is 12.1 Å². The number of benzene rings is 1. The number of anilines is 2. The molecule has 1 aliphatic heterocycles. The van der Waals surface area contributed by atoms with Gasteiger partial charge in [0.1, 0.15) is 5.82 Å². The Balaban J connectivity index is 1.86. The third-order valence-corrected chi connectivity index (χ3v) is 3.60. The molecule has 0 aliphatic carbocycles. The molecule has 4 heteroatoms. The number of hydrogen-bond acceptors (Lipinski definition) is 3. The van der Waals surface area contributed by atoms with Gasteiger partial charge in [-0.1, -0.05) is 6.42 Å². The Morgan fingerprint density at radius 3 is 2.72 bits per heavy atom. The van der Waals surface area contributed by atoms with Crippen LogP contribution in [0.4, 0.5) is 15.8 Å². The van der Waals surface area contributed by atoms with E-state index in [2.05, 4.69) is 17.1 Å². The average molecular weight is 251 g/mol. The van der Waals surface area contributed by atoms with E-state index in [0.29, 0.717) is 17.4 Å². The smallest absolute Gasteiger partial charge is 0.148 e. The molecule has 1 aliphatic rings. The summed E-state index contributed by atoms with van der Waals surface area (Å²) in [5, 5.41) is 3.16. The monoisotopic (exact) mass is 251 g/mol. The van der Waals surface area contributed by atoms with Crippen LogP contribution in [0.15, 0.2) is 18.2 Å². The first-order chi connectivity index (χ1) is 8.66. The predicted octanol–water partition coefficient (Wildman–Crippen LogP) is 2.69. The first kappa shape index (κ1) is 13.1. The minimum absolute atomic E-state index is 0.277. The fourth-order valence-electron chi connectivity index (χ4n) is 2.42. The highest BCUT2D eigenvalue weighted by Crippen LogP contribution is 2.18. The van der Waals surface area contributed by atoms with Crippen LogP contribution < -0.4 is 11.1 Å². The van der Waals surface area contributed by atoms with Crippen molar-refractivity contribution in [3.8, 4) is 0 Å². The molecule has 3 nitrogen and oxygen atoms in total. The lowest BCUT2D eigenvalue weighted by Gasteiger charge is -2.32. The zero-order chi connectivity index (χ0) is 13.0. The Kier molecular flexibility index (Phi) is 4.42. The molecule has 0 bridgehead atoms. The zero-order valence-electron chi connectivity index (χ0n) is 11.0. The Morgan fingerprint density at radius 2 is 2.06 bits per heavy atom. The normalized spacial score (nSPS) is 18.6. The summed E-state index contributed by atoms with van der Waals surface area (Å²) in [4.78, 5) is 2.46. The molecule has 18 heavy (non-hydrogen) atoms. The van der Waals surface area contributed by atoms with Crippen molar-refractivity contribution >= 4 is 11.4 Å². The van der Waals surface area contributed by atoms with Crippen molar-refractivity contribution < 1.29 is 4.39 Å². The third kappa shape index (κ3) is 3.35. The van der Waals surface area contributed by atoms with Crippen molar-refractivity contribution in [1.29, 1.82) is 0 Å². The van der Waals surface area contributed by atoms with Crippen LogP contribution in [0.1, 0.15) is 26.2 Å². The summed E-state index contributed by atoms with van der Waals surface area (Å²) in [5.74, 6) is -0.277. The second-order valence-electron chi connectivity index (χ2n) is 5.07. The molecular formula is C14H22FN3. The van der Waals surface area contributed by atoms with Crippen molar-refractivity contribution in [2.24, 2.45) is 0 Å². The lowest BCUT2D eigenvalue weighted by molar-refractivity contribution is 0.180. The summed E-state index contributed by atoms with van der Waals surface area (Å²) in [5.41, 5.74) is 6.52. The van der Waals surface area contributed by atoms with Crippen LogP contribution in [0.2, 0.25) is 0 Å². The van der Waals surface area contributed by atoms with Crippen molar-refractivity contribution in [2.45, 2.75) is 32.2 Å². The van der Waals surface area contributed by atoms with Gasteiger partial charge in [0.2, 0.25) is 0 Å². The van der Waals surface area contributed by atoms with Crippen molar-refractivity contribution in [1.82, 2.24) is 4.90 Å². The topological polar surface area (TPSA) is 41.3 Å². The SMILES string of the molecule is CC(CNc1ccc(N)cc1F)N1CCCCC1. The van der Waals surface area contributed by atoms with Crippen molar-refractivity contribution in [2.75, 3.05) is 30.7 Å². The van der Waals surface area contributed by atoms with E-state index in [-0.39, 0.29) is 5.82 Å². The number of nitrogens with one attached hydrogen (secondary N) is 1. The fourth-order valence-corrected chi connectivity index (χ4v) is 2.42. The summed E-state index contributed by atoms with van der Waals surface area (Å²) < 4.78 is 13.6. The quantitative estimate of drug-likeness (QED) is 0.808. The molecular weight excluding hydrogens is 229 g/mol. The number of piperidine rings is 1. The molecule has 1 aromatic rings. The van der Waals surface area contributed by atoms with Crippen molar-refractivity contribution in [3.05, 3.63) is 24.0 Å². The third-order valence-electron chi connectivity index (χ3n) is 3.60. The predicted molar refractivity (Wildman–Crippen MR) is 74.2 cm³/mol. The zero-order valence-corrected chi connectivity index (χ0v) is 11.0. The van der Waals surface area contributed by atoms with Gasteiger partial charge < -0.3 is 11.1 Å². The molecule has 0 aromatic heterocycles. The standard InChI is InChI=1S/C14H22FN3/c1-11(18-7-3-2-4-8-18)10-17-14-6-5-12(16)9-13(14)15/h5-6,9,11,17H,2-4,7-8,10,16H2,1H3. The molecule has 0 radical (unpaired) electrons. The molecule has 0 amide bonds. The number of nitrogens with zero attached hydrogens (tertiary/aromatic N) is 1. The minimum atomic E-state index is -0.277. The highest BCUT2D eigenvalue weighted by atomic mass is 19.1. The number of halogens is 1. The largest absolute Gasteiger partial charge is 0.399 e. The fraction of sp³-hybridized carbons (Fsp3) is 0.571. The van der Waals surface area contributed by atoms with E-state index < -0.39 is 0 Å². The lowest BCUT2D eigenvalue weighted by Crippen LogP contribution is -2.41. The Hall–Kier alpha value is -1.29. The van der Waals surface area contributed by atoms with Gasteiger partial charge in [0, 0.05) is 18.3 Å². The van der Waals surface area contributed by atoms with Gasteiger partial charge in [-0.25, -0.2) is 4.39 Å². The van der Waals surface area contributed by atoms with Crippen LogP contribution in [-0.2, 0) is 0 Å². The molecule has 3 N–H and O–H groups in total. The summed E-state index contributed by atoms with van der Waals surface area (Å²) >= 11 is 0. The van der Waals surface area contributed by atoms with Crippen LogP contribution in [-0.4, -0.2) is 30.6 Å². The first-order valence-electron chi connectivity index (χ1n) is 6.70. The van der Waals surface area contributed by atoms with E-state index in [1.165, 1.54) is 25.3 Å². The van der Waals surface area contributed by atoms with E-state index in [1.807, 2.05) is 0 Å². The number of hydrogen-bond donors (Lipinski definition) is 2. The van der Waals surface area contributed by atoms with Gasteiger partial charge in [0.25, 0.3) is 0 Å². The van der Waals surface area contributed by atoms with E-state index in [4.69, 9.17) is 5.73 Å². The van der Waals surface area contributed by atoms with Gasteiger partial charge in [-0.05, 0) is 51.1 Å². The van der Waals surface area contributed by atoms with Crippen LogP contribution >= 0.6 is 0 Å². The van der Waals surface area contributed by atoms with Gasteiger partial charge in [-0.15, -0.1) is 0 Å². The van der Waals surface area contributed by atoms with Crippen LogP contribution in [0.5, 0.6) is 0 Å². The molecule has 1 saturated heterocycles. The van der Waals surface area contributed by atoms with Crippen molar-refractivity contribution in [3.63, 3.8) is 0 Å². The molecule has 1 aromatic carbocycles. The second-order valence-corrected chi connectivity index (χ2v) is 5.07. The van der Waals surface area contributed by atoms with Crippen LogP contribution in [0.25, 0.3) is 0 Å². The highest BCUT2D eigenvalue weighted by molar-refractivity contribution is 5.52. The molecule has 0 spiro atoms. The van der Waals surface area contributed by atoms with E-state index >= 15 is 0 Å². The maximum atomic E-state index is 13.6. The molecule has 2 rings (SSSR count). The van der Waals surface area contributed by atoms with Gasteiger partial charge in [0.15, 0.2) is 0 Å².